The normalized spacial score (nSPS) is 14.9. The molecule has 0 radical (unpaired) electrons. The van der Waals surface area contributed by atoms with Crippen molar-refractivity contribution < 1.29 is 4.79 Å². The number of hydrogen-bond acceptors (Lipinski definition) is 5. The number of fused-ring (bicyclic) bond motifs is 1. The molecule has 168 valence electrons. The molecule has 1 aliphatic rings. The maximum Gasteiger partial charge on any atom is 0.332 e. The topological polar surface area (TPSA) is 89.2 Å². The number of aryl methyl sites for hydroxylation is 1. The van der Waals surface area contributed by atoms with Crippen LogP contribution in [0.5, 0.6) is 0 Å². The Morgan fingerprint density at radius 1 is 0.969 bits per heavy atom. The summed E-state index contributed by atoms with van der Waals surface area (Å²) in [6.07, 6.45) is 5.14. The average molecular weight is 436 g/mol. The molecule has 0 saturated carbocycles. The van der Waals surface area contributed by atoms with Gasteiger partial charge < -0.3 is 5.32 Å². The maximum atomic E-state index is 12.7. The van der Waals surface area contributed by atoms with Crippen LogP contribution in [0, 0.1) is 0 Å². The second kappa shape index (κ2) is 9.48. The van der Waals surface area contributed by atoms with Gasteiger partial charge in [0.05, 0.1) is 5.39 Å². The summed E-state index contributed by atoms with van der Waals surface area (Å²) in [7, 11) is 2.96. The van der Waals surface area contributed by atoms with Crippen molar-refractivity contribution in [1.29, 1.82) is 0 Å². The fourth-order valence-electron chi connectivity index (χ4n) is 4.24. The van der Waals surface area contributed by atoms with E-state index in [1.165, 1.54) is 56.0 Å². The van der Waals surface area contributed by atoms with Gasteiger partial charge in [0, 0.05) is 27.2 Å². The van der Waals surface area contributed by atoms with Crippen LogP contribution in [0.15, 0.2) is 46.0 Å². The quantitative estimate of drug-likeness (QED) is 0.662. The van der Waals surface area contributed by atoms with Crippen LogP contribution >= 0.6 is 0 Å². The van der Waals surface area contributed by atoms with Gasteiger partial charge in [-0.2, -0.15) is 0 Å². The van der Waals surface area contributed by atoms with Gasteiger partial charge in [0.25, 0.3) is 11.5 Å². The summed E-state index contributed by atoms with van der Waals surface area (Å²) in [5.41, 5.74) is 1.73. The number of nitrogens with zero attached hydrogens (tertiary/aromatic N) is 4. The van der Waals surface area contributed by atoms with Crippen molar-refractivity contribution >= 4 is 16.9 Å². The fourth-order valence-corrected chi connectivity index (χ4v) is 4.24. The molecule has 0 atom stereocenters. The van der Waals surface area contributed by atoms with Crippen LogP contribution < -0.4 is 16.6 Å². The molecule has 2 aromatic heterocycles. The number of carbonyl (C=O) groups is 1. The predicted molar refractivity (Wildman–Crippen MR) is 124 cm³/mol. The number of amides is 1. The Bertz CT molecular complexity index is 1250. The zero-order valence-corrected chi connectivity index (χ0v) is 18.6. The lowest BCUT2D eigenvalue weighted by atomic mass is 10.1. The van der Waals surface area contributed by atoms with Crippen LogP contribution in [0.25, 0.3) is 11.0 Å². The van der Waals surface area contributed by atoms with Gasteiger partial charge in [0.1, 0.15) is 11.3 Å². The van der Waals surface area contributed by atoms with E-state index in [0.717, 1.165) is 29.8 Å². The molecule has 1 amide bonds. The number of hydrogen-bond donors (Lipinski definition) is 1. The highest BCUT2D eigenvalue weighted by atomic mass is 16.2. The minimum Gasteiger partial charge on any atom is -0.347 e. The number of pyridine rings is 1. The largest absolute Gasteiger partial charge is 0.347 e. The lowest BCUT2D eigenvalue weighted by Gasteiger charge is -2.20. The molecule has 0 spiro atoms. The lowest BCUT2D eigenvalue weighted by Crippen LogP contribution is -2.37. The SMILES string of the molecule is Cn1c(=O)c2ccc(C(=O)NCc3cccc(CN4CCCCCC4)c3)nc2n(C)c1=O. The van der Waals surface area contributed by atoms with Crippen LogP contribution in [0.4, 0.5) is 0 Å². The minimum absolute atomic E-state index is 0.168. The van der Waals surface area contributed by atoms with Crippen molar-refractivity contribution in [1.82, 2.24) is 24.3 Å². The standard InChI is InChI=1S/C24H29N5O3/c1-27-21-19(23(31)28(2)24(27)32)10-11-20(26-21)22(30)25-15-17-8-7-9-18(14-17)16-29-12-5-3-4-6-13-29/h7-11,14H,3-6,12-13,15-16H2,1-2H3,(H,25,30). The molecule has 4 rings (SSSR count). The maximum absolute atomic E-state index is 12.7. The van der Waals surface area contributed by atoms with Gasteiger partial charge in [-0.3, -0.25) is 23.6 Å². The Morgan fingerprint density at radius 2 is 1.69 bits per heavy atom. The lowest BCUT2D eigenvalue weighted by molar-refractivity contribution is 0.0946. The second-order valence-electron chi connectivity index (χ2n) is 8.47. The van der Waals surface area contributed by atoms with Crippen molar-refractivity contribution in [2.24, 2.45) is 14.1 Å². The molecule has 32 heavy (non-hydrogen) atoms. The molecule has 8 nitrogen and oxygen atoms in total. The van der Waals surface area contributed by atoms with Gasteiger partial charge in [-0.05, 0) is 49.2 Å². The van der Waals surface area contributed by atoms with E-state index in [0.29, 0.717) is 11.9 Å². The molecule has 3 aromatic rings. The minimum atomic E-state index is -0.478. The smallest absolute Gasteiger partial charge is 0.332 e. The summed E-state index contributed by atoms with van der Waals surface area (Å²) >= 11 is 0. The molecule has 0 aliphatic carbocycles. The molecular weight excluding hydrogens is 406 g/mol. The molecule has 8 heteroatoms. The highest BCUT2D eigenvalue weighted by molar-refractivity contribution is 5.94. The van der Waals surface area contributed by atoms with Gasteiger partial charge in [0.2, 0.25) is 0 Å². The number of nitrogens with one attached hydrogen (secondary N) is 1. The number of carbonyl (C=O) groups excluding carboxylic acids is 1. The molecule has 1 saturated heterocycles. The molecule has 0 bridgehead atoms. The molecule has 0 unspecified atom stereocenters. The fraction of sp³-hybridized carbons (Fsp3) is 0.417. The van der Waals surface area contributed by atoms with Gasteiger partial charge >= 0.3 is 5.69 Å². The Morgan fingerprint density at radius 3 is 2.44 bits per heavy atom. The predicted octanol–water partition coefficient (Wildman–Crippen LogP) is 1.94. The van der Waals surface area contributed by atoms with Crippen LogP contribution in [0.1, 0.15) is 47.3 Å². The molecule has 3 heterocycles. The van der Waals surface area contributed by atoms with E-state index in [-0.39, 0.29) is 17.2 Å². The van der Waals surface area contributed by atoms with Gasteiger partial charge in [-0.15, -0.1) is 0 Å². The summed E-state index contributed by atoms with van der Waals surface area (Å²) in [4.78, 5) is 43.9. The number of likely N-dealkylation sites (tertiary alicyclic amines) is 1. The monoisotopic (exact) mass is 435 g/mol. The summed E-state index contributed by atoms with van der Waals surface area (Å²) in [6, 6.07) is 11.3. The molecule has 1 N–H and O–H groups in total. The van der Waals surface area contributed by atoms with Crippen LogP contribution in [0.3, 0.4) is 0 Å². The molecule has 1 aromatic carbocycles. The summed E-state index contributed by atoms with van der Waals surface area (Å²) in [5.74, 6) is -0.349. The first-order valence-corrected chi connectivity index (χ1v) is 11.1. The number of benzene rings is 1. The van der Waals surface area contributed by atoms with E-state index < -0.39 is 11.2 Å². The Kier molecular flexibility index (Phi) is 6.50. The second-order valence-corrected chi connectivity index (χ2v) is 8.47. The molecule has 1 fully saturated rings. The summed E-state index contributed by atoms with van der Waals surface area (Å²) < 4.78 is 2.31. The highest BCUT2D eigenvalue weighted by Gasteiger charge is 2.14. The van der Waals surface area contributed by atoms with Crippen molar-refractivity contribution in [2.45, 2.75) is 38.8 Å². The van der Waals surface area contributed by atoms with Gasteiger partial charge in [-0.1, -0.05) is 37.1 Å². The summed E-state index contributed by atoms with van der Waals surface area (Å²) in [6.45, 7) is 3.58. The number of aromatic nitrogens is 3. The highest BCUT2D eigenvalue weighted by Crippen LogP contribution is 2.14. The van der Waals surface area contributed by atoms with E-state index in [2.05, 4.69) is 27.3 Å². The van der Waals surface area contributed by atoms with Gasteiger partial charge in [-0.25, -0.2) is 9.78 Å². The molecule has 1 aliphatic heterocycles. The van der Waals surface area contributed by atoms with Crippen molar-refractivity contribution in [2.75, 3.05) is 13.1 Å². The van der Waals surface area contributed by atoms with Crippen molar-refractivity contribution in [3.05, 3.63) is 74.1 Å². The van der Waals surface area contributed by atoms with Crippen LogP contribution in [-0.2, 0) is 27.2 Å². The first-order chi connectivity index (χ1) is 15.4. The third kappa shape index (κ3) is 4.65. The Hall–Kier alpha value is -3.26. The zero-order chi connectivity index (χ0) is 22.7. The first kappa shape index (κ1) is 22.0. The van der Waals surface area contributed by atoms with Crippen LogP contribution in [-0.4, -0.2) is 38.0 Å². The third-order valence-electron chi connectivity index (χ3n) is 6.08. The zero-order valence-electron chi connectivity index (χ0n) is 18.6. The summed E-state index contributed by atoms with van der Waals surface area (Å²) in [5, 5.41) is 3.19. The first-order valence-electron chi connectivity index (χ1n) is 11.1. The van der Waals surface area contributed by atoms with E-state index in [4.69, 9.17) is 0 Å². The van der Waals surface area contributed by atoms with E-state index in [9.17, 15) is 14.4 Å². The van der Waals surface area contributed by atoms with E-state index >= 15 is 0 Å². The van der Waals surface area contributed by atoms with Crippen LogP contribution in [0.2, 0.25) is 0 Å². The third-order valence-corrected chi connectivity index (χ3v) is 6.08. The van der Waals surface area contributed by atoms with Crippen molar-refractivity contribution in [3.63, 3.8) is 0 Å². The van der Waals surface area contributed by atoms with E-state index in [1.54, 1.807) is 6.07 Å². The van der Waals surface area contributed by atoms with E-state index in [1.807, 2.05) is 12.1 Å². The number of rotatable bonds is 5. The van der Waals surface area contributed by atoms with Crippen molar-refractivity contribution in [3.8, 4) is 0 Å². The average Bonchev–Trinajstić information content (AvgIpc) is 3.08. The van der Waals surface area contributed by atoms with Gasteiger partial charge in [0.15, 0.2) is 0 Å². The Balaban J connectivity index is 1.46. The Labute approximate surface area is 186 Å². The molecular formula is C24H29N5O3.